The van der Waals surface area contributed by atoms with Gasteiger partial charge in [0.25, 0.3) is 0 Å². The summed E-state index contributed by atoms with van der Waals surface area (Å²) in [6, 6.07) is 12.6. The van der Waals surface area contributed by atoms with Crippen LogP contribution in [0.1, 0.15) is 11.3 Å². The van der Waals surface area contributed by atoms with Crippen LogP contribution in [0.2, 0.25) is 0 Å². The van der Waals surface area contributed by atoms with E-state index in [4.69, 9.17) is 9.15 Å². The van der Waals surface area contributed by atoms with Crippen LogP contribution in [-0.2, 0) is 21.6 Å². The second-order valence-electron chi connectivity index (χ2n) is 3.98. The molecule has 1 unspecified atom stereocenters. The van der Waals surface area contributed by atoms with Gasteiger partial charge in [-0.15, -0.1) is 0 Å². The van der Waals surface area contributed by atoms with Crippen molar-refractivity contribution in [2.75, 3.05) is 7.11 Å². The van der Waals surface area contributed by atoms with Gasteiger partial charge in [-0.3, -0.25) is 0 Å². The summed E-state index contributed by atoms with van der Waals surface area (Å²) in [5.74, 6) is -0.773. The van der Waals surface area contributed by atoms with Crippen LogP contribution < -0.4 is 0 Å². The molecule has 1 N–H and O–H groups in total. The van der Waals surface area contributed by atoms with Gasteiger partial charge in [0, 0.05) is 13.5 Å². The Hall–Kier alpha value is -2.07. The lowest BCUT2D eigenvalue weighted by Crippen LogP contribution is -2.39. The Labute approximate surface area is 105 Å². The number of hydrogen-bond donors (Lipinski definition) is 1. The smallest absolute Gasteiger partial charge is 0.344 e. The summed E-state index contributed by atoms with van der Waals surface area (Å²) in [4.78, 5) is 11.6. The molecule has 0 radical (unpaired) electrons. The Morgan fingerprint density at radius 1 is 1.28 bits per heavy atom. The molecular formula is C14H14O4. The third-order valence-corrected chi connectivity index (χ3v) is 2.91. The van der Waals surface area contributed by atoms with Crippen LogP contribution in [0.15, 0.2) is 53.1 Å². The molecule has 18 heavy (non-hydrogen) atoms. The zero-order chi connectivity index (χ0) is 13.0. The Bertz CT molecular complexity index is 504. The first kappa shape index (κ1) is 12.4. The highest BCUT2D eigenvalue weighted by Crippen LogP contribution is 2.30. The van der Waals surface area contributed by atoms with Crippen LogP contribution in [0.4, 0.5) is 0 Å². The maximum absolute atomic E-state index is 11.6. The lowest BCUT2D eigenvalue weighted by atomic mass is 9.92. The molecule has 1 aromatic heterocycles. The topological polar surface area (TPSA) is 59.7 Å². The van der Waals surface area contributed by atoms with Crippen molar-refractivity contribution in [3.63, 3.8) is 0 Å². The molecule has 1 heterocycles. The standard InChI is InChI=1S/C14H14O4/c1-17-14(13(15)16,12-8-5-9-18-12)10-11-6-3-2-4-7-11/h2-9H,10H2,1H3,(H,15,16). The summed E-state index contributed by atoms with van der Waals surface area (Å²) in [5.41, 5.74) is -0.608. The SMILES string of the molecule is COC(Cc1ccccc1)(C(=O)O)c1ccco1. The van der Waals surface area contributed by atoms with Gasteiger partial charge in [-0.05, 0) is 17.7 Å². The quantitative estimate of drug-likeness (QED) is 0.880. The number of furan rings is 1. The van der Waals surface area contributed by atoms with Crippen molar-refractivity contribution in [1.29, 1.82) is 0 Å². The van der Waals surface area contributed by atoms with E-state index in [0.717, 1.165) is 5.56 Å². The van der Waals surface area contributed by atoms with Crippen LogP contribution in [0, 0.1) is 0 Å². The zero-order valence-electron chi connectivity index (χ0n) is 10.00. The molecular weight excluding hydrogens is 232 g/mol. The van der Waals surface area contributed by atoms with E-state index >= 15 is 0 Å². The summed E-state index contributed by atoms with van der Waals surface area (Å²) >= 11 is 0. The van der Waals surface area contributed by atoms with E-state index in [1.165, 1.54) is 13.4 Å². The molecule has 0 saturated carbocycles. The second kappa shape index (κ2) is 5.06. The molecule has 94 valence electrons. The Morgan fingerprint density at radius 3 is 2.50 bits per heavy atom. The van der Waals surface area contributed by atoms with Gasteiger partial charge in [-0.1, -0.05) is 30.3 Å². The summed E-state index contributed by atoms with van der Waals surface area (Å²) in [7, 11) is 1.37. The monoisotopic (exact) mass is 246 g/mol. The fraction of sp³-hybridized carbons (Fsp3) is 0.214. The number of benzene rings is 1. The van der Waals surface area contributed by atoms with E-state index in [1.54, 1.807) is 12.1 Å². The minimum atomic E-state index is -1.48. The van der Waals surface area contributed by atoms with Crippen LogP contribution in [0.3, 0.4) is 0 Å². The number of ether oxygens (including phenoxy) is 1. The average molecular weight is 246 g/mol. The van der Waals surface area contributed by atoms with Gasteiger partial charge >= 0.3 is 5.97 Å². The highest BCUT2D eigenvalue weighted by Gasteiger charge is 2.43. The minimum Gasteiger partial charge on any atom is -0.479 e. The molecule has 0 aliphatic carbocycles. The van der Waals surface area contributed by atoms with Crippen LogP contribution in [0.5, 0.6) is 0 Å². The molecule has 0 saturated heterocycles. The Kier molecular flexibility index (Phi) is 3.48. The van der Waals surface area contributed by atoms with E-state index < -0.39 is 11.6 Å². The number of carboxylic acid groups (broad SMARTS) is 1. The van der Waals surface area contributed by atoms with Gasteiger partial charge in [-0.25, -0.2) is 4.79 Å². The number of aliphatic carboxylic acids is 1. The lowest BCUT2D eigenvalue weighted by molar-refractivity contribution is -0.166. The van der Waals surface area contributed by atoms with Crippen molar-refractivity contribution < 1.29 is 19.1 Å². The van der Waals surface area contributed by atoms with Crippen molar-refractivity contribution >= 4 is 5.97 Å². The normalized spacial score (nSPS) is 14.1. The molecule has 1 aromatic carbocycles. The number of carbonyl (C=O) groups is 1. The van der Waals surface area contributed by atoms with Crippen LogP contribution in [-0.4, -0.2) is 18.2 Å². The van der Waals surface area contributed by atoms with Gasteiger partial charge in [0.05, 0.1) is 6.26 Å². The predicted octanol–water partition coefficient (Wildman–Crippen LogP) is 2.45. The minimum absolute atomic E-state index is 0.215. The van der Waals surface area contributed by atoms with Crippen molar-refractivity contribution in [3.05, 3.63) is 60.1 Å². The molecule has 0 fully saturated rings. The van der Waals surface area contributed by atoms with Gasteiger partial charge in [0.1, 0.15) is 5.76 Å². The first-order valence-corrected chi connectivity index (χ1v) is 5.55. The predicted molar refractivity (Wildman–Crippen MR) is 65.2 cm³/mol. The van der Waals surface area contributed by atoms with E-state index in [1.807, 2.05) is 30.3 Å². The van der Waals surface area contributed by atoms with E-state index in [2.05, 4.69) is 0 Å². The fourth-order valence-electron chi connectivity index (χ4n) is 1.92. The summed E-state index contributed by atoms with van der Waals surface area (Å²) in [6.07, 6.45) is 1.66. The molecule has 0 aliphatic heterocycles. The lowest BCUT2D eigenvalue weighted by Gasteiger charge is -2.25. The highest BCUT2D eigenvalue weighted by molar-refractivity contribution is 5.79. The molecule has 0 spiro atoms. The van der Waals surface area contributed by atoms with Gasteiger partial charge in [0.15, 0.2) is 0 Å². The van der Waals surface area contributed by atoms with Crippen molar-refractivity contribution in [2.45, 2.75) is 12.0 Å². The number of methoxy groups -OCH3 is 1. The third-order valence-electron chi connectivity index (χ3n) is 2.91. The Morgan fingerprint density at radius 2 is 2.00 bits per heavy atom. The number of rotatable bonds is 5. The first-order valence-electron chi connectivity index (χ1n) is 5.55. The average Bonchev–Trinajstić information content (AvgIpc) is 2.91. The fourth-order valence-corrected chi connectivity index (χ4v) is 1.92. The molecule has 1 atom stereocenters. The summed E-state index contributed by atoms with van der Waals surface area (Å²) in [5, 5.41) is 9.47. The molecule has 4 heteroatoms. The van der Waals surface area contributed by atoms with Gasteiger partial charge in [-0.2, -0.15) is 0 Å². The van der Waals surface area contributed by atoms with E-state index in [0.29, 0.717) is 5.76 Å². The van der Waals surface area contributed by atoms with Crippen molar-refractivity contribution in [1.82, 2.24) is 0 Å². The zero-order valence-corrected chi connectivity index (χ0v) is 10.00. The summed E-state index contributed by atoms with van der Waals surface area (Å²) in [6.45, 7) is 0. The van der Waals surface area contributed by atoms with E-state index in [-0.39, 0.29) is 6.42 Å². The largest absolute Gasteiger partial charge is 0.479 e. The molecule has 4 nitrogen and oxygen atoms in total. The highest BCUT2D eigenvalue weighted by atomic mass is 16.5. The van der Waals surface area contributed by atoms with Gasteiger partial charge < -0.3 is 14.3 Å². The van der Waals surface area contributed by atoms with Crippen LogP contribution >= 0.6 is 0 Å². The Balaban J connectivity index is 2.40. The molecule has 0 amide bonds. The van der Waals surface area contributed by atoms with Crippen LogP contribution in [0.25, 0.3) is 0 Å². The second-order valence-corrected chi connectivity index (χ2v) is 3.98. The summed E-state index contributed by atoms with van der Waals surface area (Å²) < 4.78 is 10.5. The van der Waals surface area contributed by atoms with Gasteiger partial charge in [0.2, 0.25) is 5.60 Å². The maximum Gasteiger partial charge on any atom is 0.344 e. The molecule has 0 aliphatic rings. The molecule has 0 bridgehead atoms. The molecule has 2 rings (SSSR count). The number of hydrogen-bond acceptors (Lipinski definition) is 3. The van der Waals surface area contributed by atoms with E-state index in [9.17, 15) is 9.90 Å². The van der Waals surface area contributed by atoms with Crippen molar-refractivity contribution in [2.24, 2.45) is 0 Å². The first-order chi connectivity index (χ1) is 8.69. The third kappa shape index (κ3) is 2.15. The number of carboxylic acids is 1. The van der Waals surface area contributed by atoms with Crippen molar-refractivity contribution in [3.8, 4) is 0 Å². The maximum atomic E-state index is 11.6. The molecule has 2 aromatic rings.